The van der Waals surface area contributed by atoms with Gasteiger partial charge in [0, 0.05) is 46.2 Å². The molecule has 1 atom stereocenters. The van der Waals surface area contributed by atoms with Crippen LogP contribution in [0.3, 0.4) is 0 Å². The summed E-state index contributed by atoms with van der Waals surface area (Å²) in [4.78, 5) is 17.7. The van der Waals surface area contributed by atoms with Gasteiger partial charge in [-0.25, -0.2) is 4.98 Å². The number of amides is 1. The number of fused-ring (bicyclic) bond motifs is 1. The molecule has 188 valence electrons. The molecule has 0 spiro atoms. The number of rotatable bonds is 7. The van der Waals surface area contributed by atoms with E-state index in [1.54, 1.807) is 37.6 Å². The molecule has 2 heterocycles. The molecule has 0 aliphatic rings. The molecule has 2 aromatic heterocycles. The summed E-state index contributed by atoms with van der Waals surface area (Å²) in [6, 6.07) is 16.5. The summed E-state index contributed by atoms with van der Waals surface area (Å²) in [6.45, 7) is 6.62. The highest BCUT2D eigenvalue weighted by Gasteiger charge is 2.34. The van der Waals surface area contributed by atoms with Crippen LogP contribution in [0.15, 0.2) is 67.0 Å². The lowest BCUT2D eigenvalue weighted by Crippen LogP contribution is -2.52. The number of carbonyl (C=O) groups is 1. The maximum absolute atomic E-state index is 13.2. The van der Waals surface area contributed by atoms with Gasteiger partial charge in [0.2, 0.25) is 5.69 Å². The fourth-order valence-electron chi connectivity index (χ4n) is 4.05. The minimum absolute atomic E-state index is 0.173. The van der Waals surface area contributed by atoms with Crippen LogP contribution in [0.4, 0.5) is 5.69 Å². The zero-order valence-electron chi connectivity index (χ0n) is 21.0. The summed E-state index contributed by atoms with van der Waals surface area (Å²) in [5.74, 6) is 0.664. The Morgan fingerprint density at radius 2 is 1.92 bits per heavy atom. The molecule has 0 fully saturated rings. The number of thiol groups is 1. The Morgan fingerprint density at radius 1 is 1.14 bits per heavy atom. The minimum atomic E-state index is -1.17. The van der Waals surface area contributed by atoms with E-state index in [0.29, 0.717) is 23.6 Å². The zero-order valence-corrected chi connectivity index (χ0v) is 21.9. The van der Waals surface area contributed by atoms with Crippen molar-refractivity contribution in [3.63, 3.8) is 0 Å². The fourth-order valence-corrected chi connectivity index (χ4v) is 4.30. The predicted molar refractivity (Wildman–Crippen MR) is 144 cm³/mol. The smallest absolute Gasteiger partial charge is 0.300 e. The number of benzene rings is 2. The Morgan fingerprint density at radius 3 is 2.61 bits per heavy atom. The summed E-state index contributed by atoms with van der Waals surface area (Å²) in [6.07, 6.45) is 3.64. The first-order chi connectivity index (χ1) is 17.0. The monoisotopic (exact) mass is 507 g/mol. The Labute approximate surface area is 216 Å². The van der Waals surface area contributed by atoms with E-state index in [4.69, 9.17) is 9.47 Å². The van der Waals surface area contributed by atoms with Crippen LogP contribution in [0.25, 0.3) is 16.7 Å². The third-order valence-corrected chi connectivity index (χ3v) is 6.30. The number of methoxy groups -OCH3 is 2. The van der Waals surface area contributed by atoms with Gasteiger partial charge in [0.15, 0.2) is 5.75 Å². The zero-order chi connectivity index (χ0) is 26.1. The number of pyridine rings is 1. The first kappa shape index (κ1) is 25.7. The number of quaternary nitrogens is 1. The molecule has 4 rings (SSSR count). The Kier molecular flexibility index (Phi) is 7.10. The third-order valence-electron chi connectivity index (χ3n) is 5.99. The summed E-state index contributed by atoms with van der Waals surface area (Å²) < 4.78 is 11.5. The number of nitrogens with one attached hydrogen (secondary N) is 1. The van der Waals surface area contributed by atoms with E-state index in [2.05, 4.69) is 44.0 Å². The second kappa shape index (κ2) is 9.94. The van der Waals surface area contributed by atoms with Gasteiger partial charge in [-0.05, 0) is 47.4 Å². The van der Waals surface area contributed by atoms with Gasteiger partial charge >= 0.3 is 0 Å². The van der Waals surface area contributed by atoms with Crippen LogP contribution >= 0.6 is 12.8 Å². The van der Waals surface area contributed by atoms with Crippen molar-refractivity contribution in [3.05, 3.63) is 83.7 Å². The van der Waals surface area contributed by atoms with Gasteiger partial charge in [-0.2, -0.15) is 5.21 Å². The number of hydrogen-bond donors (Lipinski definition) is 3. The molecule has 0 saturated carbocycles. The molecule has 2 aromatic carbocycles. The van der Waals surface area contributed by atoms with Gasteiger partial charge in [-0.15, -0.1) is 5.43 Å². The molecule has 36 heavy (non-hydrogen) atoms. The fraction of sp³-hybridized carbons (Fsp3) is 0.259. The molecule has 0 aliphatic heterocycles. The largest absolute Gasteiger partial charge is 0.491 e. The van der Waals surface area contributed by atoms with Gasteiger partial charge in [-0.3, -0.25) is 4.79 Å². The number of aromatic nitrogens is 2. The molecule has 0 saturated heterocycles. The third kappa shape index (κ3) is 5.10. The van der Waals surface area contributed by atoms with Crippen molar-refractivity contribution in [2.24, 2.45) is 0 Å². The summed E-state index contributed by atoms with van der Waals surface area (Å²) in [5, 5.41) is 12.0. The van der Waals surface area contributed by atoms with E-state index in [9.17, 15) is 10.0 Å². The average Bonchev–Trinajstić information content (AvgIpc) is 3.26. The second-order valence-corrected chi connectivity index (χ2v) is 10.1. The minimum Gasteiger partial charge on any atom is -0.491 e. The average molecular weight is 508 g/mol. The molecule has 1 unspecified atom stereocenters. The summed E-state index contributed by atoms with van der Waals surface area (Å²) in [7, 11) is 3.15. The topological polar surface area (TPSA) is 85.6 Å². The van der Waals surface area contributed by atoms with E-state index >= 15 is 0 Å². The lowest BCUT2D eigenvalue weighted by Gasteiger charge is -2.26. The van der Waals surface area contributed by atoms with Gasteiger partial charge in [0.25, 0.3) is 5.91 Å². The van der Waals surface area contributed by atoms with Crippen molar-refractivity contribution in [2.75, 3.05) is 14.2 Å². The second-order valence-electron chi connectivity index (χ2n) is 9.56. The van der Waals surface area contributed by atoms with Gasteiger partial charge in [0.1, 0.15) is 18.6 Å². The molecule has 4 aromatic rings. The normalized spacial score (nSPS) is 13.4. The number of ether oxygens (including phenoxy) is 2. The molecular weight excluding hydrogens is 476 g/mol. The Hall–Kier alpha value is -3.37. The number of nitrogens with zero attached hydrogens (tertiary/aromatic N) is 3. The first-order valence-corrected chi connectivity index (χ1v) is 11.9. The van der Waals surface area contributed by atoms with Gasteiger partial charge in [0.05, 0.1) is 19.2 Å². The van der Waals surface area contributed by atoms with Crippen molar-refractivity contribution in [2.45, 2.75) is 32.8 Å². The lowest BCUT2D eigenvalue weighted by molar-refractivity contribution is -0.0162. The van der Waals surface area contributed by atoms with Crippen molar-refractivity contribution < 1.29 is 19.5 Å². The van der Waals surface area contributed by atoms with Crippen molar-refractivity contribution in [1.29, 1.82) is 0 Å². The highest BCUT2D eigenvalue weighted by atomic mass is 32.1. The SMILES string of the molecule is COCc1cccnc1-n1ccc2cc(C(=O)N[N+](O)(S)c3cc(C(C)(C)C)ccc3OC)ccc21. The quantitative estimate of drug-likeness (QED) is 0.178. The molecule has 8 nitrogen and oxygen atoms in total. The maximum atomic E-state index is 13.2. The molecule has 2 N–H and O–H groups in total. The number of carbonyl (C=O) groups excluding carboxylic acids is 1. The molecule has 0 radical (unpaired) electrons. The van der Waals surface area contributed by atoms with E-state index in [1.165, 1.54) is 7.11 Å². The van der Waals surface area contributed by atoms with Crippen molar-refractivity contribution >= 4 is 35.3 Å². The van der Waals surface area contributed by atoms with Crippen molar-refractivity contribution in [1.82, 2.24) is 19.1 Å². The van der Waals surface area contributed by atoms with E-state index < -0.39 is 10.1 Å². The lowest BCUT2D eigenvalue weighted by atomic mass is 9.87. The van der Waals surface area contributed by atoms with E-state index in [0.717, 1.165) is 27.8 Å². The van der Waals surface area contributed by atoms with E-state index in [1.807, 2.05) is 41.1 Å². The number of hydrogen-bond acceptors (Lipinski definition) is 6. The summed E-state index contributed by atoms with van der Waals surface area (Å²) >= 11 is 4.35. The molecule has 9 heteroatoms. The van der Waals surface area contributed by atoms with Crippen molar-refractivity contribution in [3.8, 4) is 11.6 Å². The van der Waals surface area contributed by atoms with Gasteiger partial charge in [-0.1, -0.05) is 32.9 Å². The van der Waals surface area contributed by atoms with Crippen LogP contribution in [-0.2, 0) is 16.8 Å². The van der Waals surface area contributed by atoms with Crippen LogP contribution in [0.5, 0.6) is 5.75 Å². The van der Waals surface area contributed by atoms with Crippen LogP contribution < -0.4 is 14.3 Å². The summed E-state index contributed by atoms with van der Waals surface area (Å²) in [5.41, 5.74) is 5.87. The highest BCUT2D eigenvalue weighted by Crippen LogP contribution is 2.37. The van der Waals surface area contributed by atoms with Crippen LogP contribution in [0.2, 0.25) is 0 Å². The molecule has 1 amide bonds. The first-order valence-electron chi connectivity index (χ1n) is 11.5. The van der Waals surface area contributed by atoms with Crippen LogP contribution in [0.1, 0.15) is 42.3 Å². The Balaban J connectivity index is 1.64. The van der Waals surface area contributed by atoms with Gasteiger partial charge < -0.3 is 14.0 Å². The molecule has 0 aliphatic carbocycles. The Bertz CT molecular complexity index is 1410. The highest BCUT2D eigenvalue weighted by molar-refractivity contribution is 7.79. The standard InChI is InChI=1S/C27H30N4O4S/c1-27(2,3)21-9-11-24(35-5)23(16-21)31(33,36)29-26(32)19-8-10-22-18(15-19)12-14-30(22)25-20(17-34-4)7-6-13-28-25/h6-16,33,36H,17H2,1-5H3/p+1. The maximum Gasteiger partial charge on any atom is 0.300 e. The molecular formula is C27H31N4O4S+. The predicted octanol–water partition coefficient (Wildman–Crippen LogP) is 5.36. The van der Waals surface area contributed by atoms with Crippen LogP contribution in [0, 0.1) is 0 Å². The van der Waals surface area contributed by atoms with Crippen LogP contribution in [-0.4, -0.2) is 34.9 Å². The molecule has 0 bridgehead atoms. The van der Waals surface area contributed by atoms with E-state index in [-0.39, 0.29) is 5.41 Å².